The molecule has 0 saturated heterocycles. The lowest BCUT2D eigenvalue weighted by atomic mass is 10.0. The molecule has 2 N–H and O–H groups in total. The first-order valence-electron chi connectivity index (χ1n) is 7.20. The Balaban J connectivity index is 1.69. The first kappa shape index (κ1) is 14.6. The normalized spacial score (nSPS) is 10.0. The number of H-pyrrole nitrogens is 1. The number of amides is 1. The van der Waals surface area contributed by atoms with E-state index >= 15 is 0 Å². The molecule has 3 aromatic rings. The lowest BCUT2D eigenvalue weighted by molar-refractivity contribution is 0.0946. The van der Waals surface area contributed by atoms with Crippen LogP contribution >= 0.6 is 0 Å². The van der Waals surface area contributed by atoms with Crippen LogP contribution in [0.2, 0.25) is 0 Å². The number of aromatic nitrogens is 2. The van der Waals surface area contributed by atoms with Crippen LogP contribution in [0.3, 0.4) is 0 Å². The van der Waals surface area contributed by atoms with Gasteiger partial charge in [-0.2, -0.15) is 0 Å². The largest absolute Gasteiger partial charge is 0.347 e. The predicted octanol–water partition coefficient (Wildman–Crippen LogP) is 2.99. The van der Waals surface area contributed by atoms with Gasteiger partial charge in [0.2, 0.25) is 0 Å². The van der Waals surface area contributed by atoms with Gasteiger partial charge in [0.25, 0.3) is 5.91 Å². The Bertz CT molecular complexity index is 860. The zero-order chi connectivity index (χ0) is 16.1. The van der Waals surface area contributed by atoms with E-state index in [1.165, 1.54) is 6.20 Å². The summed E-state index contributed by atoms with van der Waals surface area (Å²) < 4.78 is 0. The molecule has 0 aliphatic carbocycles. The van der Waals surface area contributed by atoms with Crippen LogP contribution in [0.5, 0.6) is 0 Å². The second kappa shape index (κ2) is 6.63. The van der Waals surface area contributed by atoms with Crippen molar-refractivity contribution >= 4 is 5.91 Å². The van der Waals surface area contributed by atoms with Gasteiger partial charge in [-0.15, -0.1) is 6.42 Å². The average molecular weight is 301 g/mol. The number of nitrogens with zero attached hydrogens (tertiary/aromatic N) is 1. The first-order valence-corrected chi connectivity index (χ1v) is 7.20. The highest BCUT2D eigenvalue weighted by Crippen LogP contribution is 2.19. The third kappa shape index (κ3) is 3.47. The van der Waals surface area contributed by atoms with Crippen molar-refractivity contribution in [3.05, 3.63) is 77.9 Å². The van der Waals surface area contributed by atoms with Crippen LogP contribution in [0.25, 0.3) is 11.1 Å². The highest BCUT2D eigenvalue weighted by atomic mass is 16.1. The van der Waals surface area contributed by atoms with E-state index in [2.05, 4.69) is 45.5 Å². The SMILES string of the molecule is C#Cc1ncc(C(=O)NCc2cccc(-c3ccccc3)c2)[nH]1. The number of benzene rings is 2. The van der Waals surface area contributed by atoms with Gasteiger partial charge in [-0.3, -0.25) is 4.79 Å². The summed E-state index contributed by atoms with van der Waals surface area (Å²) in [7, 11) is 0. The molecule has 1 amide bonds. The molecule has 1 aromatic heterocycles. The second-order valence-electron chi connectivity index (χ2n) is 5.04. The molecule has 112 valence electrons. The fourth-order valence-corrected chi connectivity index (χ4v) is 2.28. The Morgan fingerprint density at radius 1 is 1.13 bits per heavy atom. The maximum absolute atomic E-state index is 12.1. The van der Waals surface area contributed by atoms with Gasteiger partial charge in [-0.05, 0) is 28.7 Å². The Hall–Kier alpha value is -3.32. The van der Waals surface area contributed by atoms with Gasteiger partial charge in [0.1, 0.15) is 5.69 Å². The summed E-state index contributed by atoms with van der Waals surface area (Å²) in [4.78, 5) is 18.7. The fraction of sp³-hybridized carbons (Fsp3) is 0.0526. The number of rotatable bonds is 4. The summed E-state index contributed by atoms with van der Waals surface area (Å²) in [5.74, 6) is 2.47. The zero-order valence-electron chi connectivity index (χ0n) is 12.4. The molecule has 0 aliphatic heterocycles. The van der Waals surface area contributed by atoms with Crippen molar-refractivity contribution in [1.82, 2.24) is 15.3 Å². The number of aromatic amines is 1. The minimum absolute atomic E-state index is 0.232. The van der Waals surface area contributed by atoms with E-state index in [1.807, 2.05) is 30.3 Å². The van der Waals surface area contributed by atoms with Gasteiger partial charge >= 0.3 is 0 Å². The molecule has 23 heavy (non-hydrogen) atoms. The van der Waals surface area contributed by atoms with Crippen LogP contribution in [0.1, 0.15) is 21.9 Å². The van der Waals surface area contributed by atoms with Crippen molar-refractivity contribution in [2.24, 2.45) is 0 Å². The average Bonchev–Trinajstić information content (AvgIpc) is 3.10. The van der Waals surface area contributed by atoms with Crippen molar-refractivity contribution in [1.29, 1.82) is 0 Å². The minimum Gasteiger partial charge on any atom is -0.347 e. The van der Waals surface area contributed by atoms with E-state index < -0.39 is 0 Å². The highest BCUT2D eigenvalue weighted by Gasteiger charge is 2.08. The first-order chi connectivity index (χ1) is 11.3. The summed E-state index contributed by atoms with van der Waals surface area (Å²) in [6.45, 7) is 0.434. The van der Waals surface area contributed by atoms with Gasteiger partial charge in [-0.1, -0.05) is 48.5 Å². The number of nitrogens with one attached hydrogen (secondary N) is 2. The Kier molecular flexibility index (Phi) is 4.21. The molecule has 1 heterocycles. The number of carbonyl (C=O) groups excluding carboxylic acids is 1. The predicted molar refractivity (Wildman–Crippen MR) is 89.6 cm³/mol. The third-order valence-corrected chi connectivity index (χ3v) is 3.44. The van der Waals surface area contributed by atoms with Crippen LogP contribution in [0, 0.1) is 12.3 Å². The summed E-state index contributed by atoms with van der Waals surface area (Å²) >= 11 is 0. The molecule has 0 fully saturated rings. The topological polar surface area (TPSA) is 57.8 Å². The maximum atomic E-state index is 12.1. The Morgan fingerprint density at radius 3 is 2.65 bits per heavy atom. The number of imidazole rings is 1. The maximum Gasteiger partial charge on any atom is 0.269 e. The lowest BCUT2D eigenvalue weighted by Crippen LogP contribution is -2.23. The summed E-state index contributed by atoms with van der Waals surface area (Å²) in [6, 6.07) is 18.2. The molecule has 0 saturated carbocycles. The molecule has 4 heteroatoms. The monoisotopic (exact) mass is 301 g/mol. The molecule has 0 aliphatic rings. The smallest absolute Gasteiger partial charge is 0.269 e. The van der Waals surface area contributed by atoms with Crippen molar-refractivity contribution < 1.29 is 4.79 Å². The van der Waals surface area contributed by atoms with Crippen molar-refractivity contribution in [2.75, 3.05) is 0 Å². The van der Waals surface area contributed by atoms with E-state index in [4.69, 9.17) is 6.42 Å². The van der Waals surface area contributed by atoms with Crippen LogP contribution in [-0.2, 0) is 6.54 Å². The molecule has 0 radical (unpaired) electrons. The quantitative estimate of drug-likeness (QED) is 0.728. The van der Waals surface area contributed by atoms with E-state index in [9.17, 15) is 4.79 Å². The van der Waals surface area contributed by atoms with Crippen molar-refractivity contribution in [2.45, 2.75) is 6.54 Å². The van der Waals surface area contributed by atoms with Crippen molar-refractivity contribution in [3.63, 3.8) is 0 Å². The molecule has 4 nitrogen and oxygen atoms in total. The van der Waals surface area contributed by atoms with Crippen LogP contribution in [0.4, 0.5) is 0 Å². The molecular formula is C19H15N3O. The second-order valence-corrected chi connectivity index (χ2v) is 5.04. The van der Waals surface area contributed by atoms with E-state index in [-0.39, 0.29) is 5.91 Å². The summed E-state index contributed by atoms with van der Waals surface area (Å²) in [5, 5.41) is 2.85. The Morgan fingerprint density at radius 2 is 1.91 bits per heavy atom. The highest BCUT2D eigenvalue weighted by molar-refractivity contribution is 5.92. The summed E-state index contributed by atoms with van der Waals surface area (Å²) in [5.41, 5.74) is 3.65. The molecule has 3 rings (SSSR count). The Labute approximate surface area is 134 Å². The number of carbonyl (C=O) groups is 1. The fourth-order valence-electron chi connectivity index (χ4n) is 2.28. The molecule has 0 spiro atoms. The summed E-state index contributed by atoms with van der Waals surface area (Å²) in [6.07, 6.45) is 6.66. The number of hydrogen-bond donors (Lipinski definition) is 2. The van der Waals surface area contributed by atoms with Gasteiger partial charge in [-0.25, -0.2) is 4.98 Å². The van der Waals surface area contributed by atoms with E-state index in [1.54, 1.807) is 0 Å². The standard InChI is InChI=1S/C19H15N3O/c1-2-18-20-13-17(22-18)19(23)21-12-14-7-6-10-16(11-14)15-8-4-3-5-9-15/h1,3-11,13H,12H2,(H,20,22)(H,21,23). The van der Waals surface area contributed by atoms with Gasteiger partial charge in [0.05, 0.1) is 6.20 Å². The molecule has 0 bridgehead atoms. The van der Waals surface area contributed by atoms with E-state index in [0.717, 1.165) is 16.7 Å². The molecular weight excluding hydrogens is 286 g/mol. The van der Waals surface area contributed by atoms with Crippen LogP contribution in [0.15, 0.2) is 60.8 Å². The van der Waals surface area contributed by atoms with Gasteiger partial charge < -0.3 is 10.3 Å². The van der Waals surface area contributed by atoms with Crippen LogP contribution < -0.4 is 5.32 Å². The van der Waals surface area contributed by atoms with Gasteiger partial charge in [0.15, 0.2) is 5.82 Å². The van der Waals surface area contributed by atoms with E-state index in [0.29, 0.717) is 18.1 Å². The number of terminal acetylenes is 1. The van der Waals surface area contributed by atoms with Crippen LogP contribution in [-0.4, -0.2) is 15.9 Å². The van der Waals surface area contributed by atoms with Gasteiger partial charge in [0, 0.05) is 6.54 Å². The molecule has 2 aromatic carbocycles. The lowest BCUT2D eigenvalue weighted by Gasteiger charge is -2.07. The molecule has 0 unspecified atom stereocenters. The number of hydrogen-bond acceptors (Lipinski definition) is 2. The van der Waals surface area contributed by atoms with Crippen molar-refractivity contribution in [3.8, 4) is 23.5 Å². The minimum atomic E-state index is -0.232. The third-order valence-electron chi connectivity index (χ3n) is 3.44. The zero-order valence-corrected chi connectivity index (χ0v) is 12.4. The molecule has 0 atom stereocenters.